The number of hydrogen-bond donors (Lipinski definition) is 2. The van der Waals surface area contributed by atoms with Crippen LogP contribution in [0.3, 0.4) is 0 Å². The lowest BCUT2D eigenvalue weighted by atomic mass is 9.78. The average molecular weight is 557 g/mol. The number of rotatable bonds is 7. The lowest BCUT2D eigenvalue weighted by Crippen LogP contribution is -2.44. The molecule has 7 rings (SSSR count). The number of thiophene rings is 1. The molecule has 0 unspecified atom stereocenters. The smallest absolute Gasteiger partial charge is 0.251 e. The van der Waals surface area contributed by atoms with Gasteiger partial charge >= 0.3 is 0 Å². The van der Waals surface area contributed by atoms with E-state index in [2.05, 4.69) is 57.1 Å². The molecule has 2 bridgehead atoms. The molecule has 3 aliphatic rings. The van der Waals surface area contributed by atoms with Crippen LogP contribution in [0.5, 0.6) is 5.75 Å². The van der Waals surface area contributed by atoms with Crippen molar-refractivity contribution in [3.8, 4) is 17.0 Å². The first-order valence-corrected chi connectivity index (χ1v) is 15.3. The largest absolute Gasteiger partial charge is 0.490 e. The number of nitrogens with zero attached hydrogens (tertiary/aromatic N) is 2. The summed E-state index contributed by atoms with van der Waals surface area (Å²) in [5, 5.41) is 14.0. The molecule has 0 aliphatic carbocycles. The molecule has 40 heavy (non-hydrogen) atoms. The zero-order chi connectivity index (χ0) is 27.1. The molecule has 3 atom stereocenters. The number of aromatic nitrogens is 2. The van der Waals surface area contributed by atoms with Crippen molar-refractivity contribution < 1.29 is 14.3 Å². The second-order valence-corrected chi connectivity index (χ2v) is 12.6. The maximum atomic E-state index is 13.3. The third-order valence-corrected chi connectivity index (χ3v) is 10.5. The second-order valence-electron chi connectivity index (χ2n) is 11.7. The van der Waals surface area contributed by atoms with E-state index in [4.69, 9.17) is 9.47 Å². The summed E-state index contributed by atoms with van der Waals surface area (Å²) >= 11 is 1.76. The van der Waals surface area contributed by atoms with E-state index in [0.717, 1.165) is 66.8 Å². The van der Waals surface area contributed by atoms with Crippen LogP contribution in [0.4, 0.5) is 0 Å². The van der Waals surface area contributed by atoms with Gasteiger partial charge in [-0.15, -0.1) is 11.3 Å². The fourth-order valence-electron chi connectivity index (χ4n) is 6.92. The Morgan fingerprint density at radius 1 is 1.12 bits per heavy atom. The van der Waals surface area contributed by atoms with Gasteiger partial charge in [0.1, 0.15) is 11.9 Å². The zero-order valence-corrected chi connectivity index (χ0v) is 23.7. The van der Waals surface area contributed by atoms with Crippen molar-refractivity contribution >= 4 is 28.1 Å². The van der Waals surface area contributed by atoms with Crippen molar-refractivity contribution in [2.45, 2.75) is 62.1 Å². The molecule has 1 amide bonds. The molecule has 7 nitrogen and oxygen atoms in total. The van der Waals surface area contributed by atoms with Gasteiger partial charge in [0.25, 0.3) is 5.91 Å². The standard InChI is InChI=1S/C32H36N4O3S/c1-36-23-7-8-24(36)19-26(18-23)39-25-9-4-21(5-10-25)30-27-17-22(6-11-28(27)34-35-30)31(37)33-20-32(12-14-38-15-13-32)29-3-2-16-40-29/h2-6,9-11,16-17,23-24,26H,7-8,12-15,18-20H2,1H3,(H,33,37)(H,34,35)/t23-,24+,26-. The molecular formula is C32H36N4O3S. The van der Waals surface area contributed by atoms with Crippen molar-refractivity contribution in [1.82, 2.24) is 20.4 Å². The molecule has 2 N–H and O–H groups in total. The molecule has 2 aromatic heterocycles. The van der Waals surface area contributed by atoms with Crippen LogP contribution < -0.4 is 10.1 Å². The molecule has 0 spiro atoms. The summed E-state index contributed by atoms with van der Waals surface area (Å²) in [4.78, 5) is 17.2. The van der Waals surface area contributed by atoms with Crippen LogP contribution in [0.2, 0.25) is 0 Å². The quantitative estimate of drug-likeness (QED) is 0.302. The predicted molar refractivity (Wildman–Crippen MR) is 158 cm³/mol. The number of nitrogens with one attached hydrogen (secondary N) is 2. The van der Waals surface area contributed by atoms with E-state index in [1.54, 1.807) is 11.3 Å². The summed E-state index contributed by atoms with van der Waals surface area (Å²) < 4.78 is 12.0. The topological polar surface area (TPSA) is 79.5 Å². The molecule has 3 aliphatic heterocycles. The Bertz CT molecular complexity index is 1460. The number of piperidine rings is 1. The summed E-state index contributed by atoms with van der Waals surface area (Å²) in [5.74, 6) is 0.845. The highest BCUT2D eigenvalue weighted by molar-refractivity contribution is 7.10. The van der Waals surface area contributed by atoms with Gasteiger partial charge < -0.3 is 19.7 Å². The minimum Gasteiger partial charge on any atom is -0.490 e. The fraction of sp³-hybridized carbons (Fsp3) is 0.438. The second kappa shape index (κ2) is 10.7. The number of amides is 1. The molecule has 3 saturated heterocycles. The molecule has 4 aromatic rings. The van der Waals surface area contributed by atoms with Gasteiger partial charge in [-0.3, -0.25) is 9.89 Å². The average Bonchev–Trinajstić information content (AvgIpc) is 3.72. The minimum atomic E-state index is -0.0656. The van der Waals surface area contributed by atoms with Crippen LogP contribution in [0.1, 0.15) is 53.8 Å². The van der Waals surface area contributed by atoms with Gasteiger partial charge in [-0.2, -0.15) is 5.10 Å². The summed E-state index contributed by atoms with van der Waals surface area (Å²) in [6.07, 6.45) is 6.90. The zero-order valence-electron chi connectivity index (χ0n) is 22.9. The van der Waals surface area contributed by atoms with Crippen LogP contribution in [0.25, 0.3) is 22.2 Å². The summed E-state index contributed by atoms with van der Waals surface area (Å²) in [6.45, 7) is 2.05. The normalized spacial score (nSPS) is 24.3. The number of aromatic amines is 1. The lowest BCUT2D eigenvalue weighted by Gasteiger charge is -2.36. The molecule has 2 aromatic carbocycles. The summed E-state index contributed by atoms with van der Waals surface area (Å²) in [6, 6.07) is 19.6. The van der Waals surface area contributed by atoms with E-state index in [1.807, 2.05) is 30.3 Å². The fourth-order valence-corrected chi connectivity index (χ4v) is 7.91. The molecule has 5 heterocycles. The number of H-pyrrole nitrogens is 1. The van der Waals surface area contributed by atoms with Gasteiger partial charge in [-0.05, 0) is 99.5 Å². The Hall–Kier alpha value is -3.20. The van der Waals surface area contributed by atoms with Crippen molar-refractivity contribution in [1.29, 1.82) is 0 Å². The number of benzene rings is 2. The SMILES string of the molecule is CN1[C@@H]2CC[C@H]1C[C@H](Oc1ccc(-c3n[nH]c4ccc(C(=O)NCC5(c6cccs6)CCOCC5)cc34)cc1)C2. The Labute approximate surface area is 238 Å². The highest BCUT2D eigenvalue weighted by Crippen LogP contribution is 2.38. The maximum Gasteiger partial charge on any atom is 0.251 e. The molecule has 3 fully saturated rings. The van der Waals surface area contributed by atoms with Gasteiger partial charge in [0.15, 0.2) is 0 Å². The molecule has 0 radical (unpaired) electrons. The van der Waals surface area contributed by atoms with Crippen molar-refractivity contribution in [2.24, 2.45) is 0 Å². The van der Waals surface area contributed by atoms with Gasteiger partial charge in [0.05, 0.1) is 11.2 Å². The summed E-state index contributed by atoms with van der Waals surface area (Å²) in [5.41, 5.74) is 3.32. The Morgan fingerprint density at radius 2 is 1.90 bits per heavy atom. The van der Waals surface area contributed by atoms with Crippen LogP contribution in [-0.4, -0.2) is 66.0 Å². The summed E-state index contributed by atoms with van der Waals surface area (Å²) in [7, 11) is 2.25. The number of fused-ring (bicyclic) bond motifs is 3. The Kier molecular flexibility index (Phi) is 6.86. The number of ether oxygens (including phenoxy) is 2. The van der Waals surface area contributed by atoms with Crippen LogP contribution in [-0.2, 0) is 10.2 Å². The monoisotopic (exact) mass is 556 g/mol. The molecular weight excluding hydrogens is 520 g/mol. The highest BCUT2D eigenvalue weighted by Gasteiger charge is 2.39. The van der Waals surface area contributed by atoms with Gasteiger partial charge in [-0.1, -0.05) is 6.07 Å². The van der Waals surface area contributed by atoms with Gasteiger partial charge in [0.2, 0.25) is 0 Å². The molecule has 0 saturated carbocycles. The lowest BCUT2D eigenvalue weighted by molar-refractivity contribution is 0.0499. The molecule has 208 valence electrons. The van der Waals surface area contributed by atoms with Crippen LogP contribution in [0, 0.1) is 0 Å². The minimum absolute atomic E-state index is 0.0627. The van der Waals surface area contributed by atoms with E-state index >= 15 is 0 Å². The first-order chi connectivity index (χ1) is 19.6. The van der Waals surface area contributed by atoms with E-state index in [-0.39, 0.29) is 17.4 Å². The number of carbonyl (C=O) groups excluding carboxylic acids is 1. The number of hydrogen-bond acceptors (Lipinski definition) is 6. The Balaban J connectivity index is 1.06. The maximum absolute atomic E-state index is 13.3. The number of carbonyl (C=O) groups is 1. The van der Waals surface area contributed by atoms with Gasteiger partial charge in [0, 0.05) is 58.6 Å². The third kappa shape index (κ3) is 4.82. The van der Waals surface area contributed by atoms with Crippen molar-refractivity contribution in [3.63, 3.8) is 0 Å². The van der Waals surface area contributed by atoms with Crippen LogP contribution in [0.15, 0.2) is 60.0 Å². The Morgan fingerprint density at radius 3 is 2.62 bits per heavy atom. The third-order valence-electron chi connectivity index (χ3n) is 9.39. The highest BCUT2D eigenvalue weighted by atomic mass is 32.1. The first-order valence-electron chi connectivity index (χ1n) is 14.5. The van der Waals surface area contributed by atoms with Crippen LogP contribution >= 0.6 is 11.3 Å². The van der Waals surface area contributed by atoms with Gasteiger partial charge in [-0.25, -0.2) is 0 Å². The van der Waals surface area contributed by atoms with E-state index in [1.165, 1.54) is 17.7 Å². The first kappa shape index (κ1) is 25.7. The van der Waals surface area contributed by atoms with Crippen molar-refractivity contribution in [3.05, 3.63) is 70.4 Å². The van der Waals surface area contributed by atoms with E-state index < -0.39 is 0 Å². The molecule has 8 heteroatoms. The van der Waals surface area contributed by atoms with E-state index in [0.29, 0.717) is 24.2 Å². The van der Waals surface area contributed by atoms with Crippen molar-refractivity contribution in [2.75, 3.05) is 26.8 Å². The predicted octanol–water partition coefficient (Wildman–Crippen LogP) is 5.77. The van der Waals surface area contributed by atoms with E-state index in [9.17, 15) is 4.79 Å².